The molecule has 0 saturated heterocycles. The SMILES string of the molecule is NC(C1=CCCC1)C1CC2CC2C1. The van der Waals surface area contributed by atoms with Crippen LogP contribution in [-0.2, 0) is 0 Å². The van der Waals surface area contributed by atoms with Crippen molar-refractivity contribution in [3.63, 3.8) is 0 Å². The minimum atomic E-state index is 0.426. The third-order valence-corrected chi connectivity index (χ3v) is 4.29. The molecule has 2 saturated carbocycles. The van der Waals surface area contributed by atoms with Crippen LogP contribution in [0, 0.1) is 17.8 Å². The molecule has 0 aromatic heterocycles. The normalized spacial score (nSPS) is 44.4. The Morgan fingerprint density at radius 2 is 2.00 bits per heavy atom. The van der Waals surface area contributed by atoms with Crippen molar-refractivity contribution < 1.29 is 0 Å². The van der Waals surface area contributed by atoms with Gasteiger partial charge in [-0.05, 0) is 56.3 Å². The molecule has 3 aliphatic carbocycles. The molecule has 0 aromatic rings. The fourth-order valence-electron chi connectivity index (χ4n) is 3.36. The second-order valence-electron chi connectivity index (χ2n) is 5.18. The van der Waals surface area contributed by atoms with Crippen LogP contribution in [0.1, 0.15) is 38.5 Å². The molecular weight excluding hydrogens is 158 g/mol. The number of fused-ring (bicyclic) bond motifs is 1. The monoisotopic (exact) mass is 177 g/mol. The Labute approximate surface area is 80.4 Å². The molecular formula is C12H19N. The van der Waals surface area contributed by atoms with E-state index in [1.165, 1.54) is 38.5 Å². The molecule has 0 heterocycles. The average Bonchev–Trinajstić information content (AvgIpc) is 2.63. The smallest absolute Gasteiger partial charge is 0.0282 e. The zero-order valence-electron chi connectivity index (χ0n) is 8.21. The molecule has 3 rings (SSSR count). The zero-order valence-corrected chi connectivity index (χ0v) is 8.21. The summed E-state index contributed by atoms with van der Waals surface area (Å²) in [7, 11) is 0. The Morgan fingerprint density at radius 3 is 2.62 bits per heavy atom. The van der Waals surface area contributed by atoms with E-state index in [4.69, 9.17) is 5.73 Å². The molecule has 0 radical (unpaired) electrons. The quantitative estimate of drug-likeness (QED) is 0.644. The van der Waals surface area contributed by atoms with Crippen molar-refractivity contribution in [1.82, 2.24) is 0 Å². The van der Waals surface area contributed by atoms with Gasteiger partial charge in [0.05, 0.1) is 0 Å². The Morgan fingerprint density at radius 1 is 1.23 bits per heavy atom. The lowest BCUT2D eigenvalue weighted by atomic mass is 9.89. The van der Waals surface area contributed by atoms with Crippen LogP contribution >= 0.6 is 0 Å². The van der Waals surface area contributed by atoms with Gasteiger partial charge in [0.2, 0.25) is 0 Å². The summed E-state index contributed by atoms with van der Waals surface area (Å²) in [6.07, 6.45) is 10.7. The van der Waals surface area contributed by atoms with Crippen molar-refractivity contribution in [1.29, 1.82) is 0 Å². The van der Waals surface area contributed by atoms with Gasteiger partial charge in [-0.3, -0.25) is 0 Å². The highest BCUT2D eigenvalue weighted by molar-refractivity contribution is 5.17. The van der Waals surface area contributed by atoms with Gasteiger partial charge < -0.3 is 5.73 Å². The van der Waals surface area contributed by atoms with Crippen LogP contribution in [0.5, 0.6) is 0 Å². The lowest BCUT2D eigenvalue weighted by Gasteiger charge is -2.21. The molecule has 1 heteroatoms. The van der Waals surface area contributed by atoms with Crippen molar-refractivity contribution in [3.05, 3.63) is 11.6 Å². The van der Waals surface area contributed by atoms with E-state index in [1.807, 2.05) is 0 Å². The Kier molecular flexibility index (Phi) is 1.76. The molecule has 0 aliphatic heterocycles. The van der Waals surface area contributed by atoms with Gasteiger partial charge in [-0.25, -0.2) is 0 Å². The number of nitrogens with two attached hydrogens (primary N) is 1. The topological polar surface area (TPSA) is 26.0 Å². The van der Waals surface area contributed by atoms with Crippen LogP contribution < -0.4 is 5.73 Å². The summed E-state index contributed by atoms with van der Waals surface area (Å²) in [6.45, 7) is 0. The molecule has 2 N–H and O–H groups in total. The van der Waals surface area contributed by atoms with Crippen LogP contribution in [0.25, 0.3) is 0 Å². The van der Waals surface area contributed by atoms with E-state index in [9.17, 15) is 0 Å². The minimum Gasteiger partial charge on any atom is -0.324 e. The van der Waals surface area contributed by atoms with Crippen LogP contribution in [0.3, 0.4) is 0 Å². The van der Waals surface area contributed by atoms with E-state index in [0.29, 0.717) is 6.04 Å². The molecule has 0 bridgehead atoms. The lowest BCUT2D eigenvalue weighted by Crippen LogP contribution is -2.30. The van der Waals surface area contributed by atoms with E-state index in [1.54, 1.807) is 5.57 Å². The predicted octanol–water partition coefficient (Wildman–Crippen LogP) is 2.47. The molecule has 0 aromatic carbocycles. The first-order valence-electron chi connectivity index (χ1n) is 5.79. The maximum Gasteiger partial charge on any atom is 0.0282 e. The second-order valence-corrected chi connectivity index (χ2v) is 5.18. The van der Waals surface area contributed by atoms with Gasteiger partial charge in [0.25, 0.3) is 0 Å². The molecule has 13 heavy (non-hydrogen) atoms. The molecule has 0 amide bonds. The molecule has 3 atom stereocenters. The number of hydrogen-bond donors (Lipinski definition) is 1. The summed E-state index contributed by atoms with van der Waals surface area (Å²) in [5, 5.41) is 0. The Bertz CT molecular complexity index is 234. The number of rotatable bonds is 2. The van der Waals surface area contributed by atoms with Crippen molar-refractivity contribution in [2.24, 2.45) is 23.5 Å². The number of hydrogen-bond acceptors (Lipinski definition) is 1. The molecule has 3 aliphatic rings. The maximum absolute atomic E-state index is 6.30. The molecule has 2 fully saturated rings. The van der Waals surface area contributed by atoms with E-state index in [-0.39, 0.29) is 0 Å². The summed E-state index contributed by atoms with van der Waals surface area (Å²) in [5.41, 5.74) is 7.87. The van der Waals surface area contributed by atoms with Crippen LogP contribution in [0.15, 0.2) is 11.6 Å². The first-order valence-corrected chi connectivity index (χ1v) is 5.79. The first-order chi connectivity index (χ1) is 6.34. The van der Waals surface area contributed by atoms with Gasteiger partial charge in [-0.15, -0.1) is 0 Å². The van der Waals surface area contributed by atoms with Crippen molar-refractivity contribution in [3.8, 4) is 0 Å². The summed E-state index contributed by atoms with van der Waals surface area (Å²) < 4.78 is 0. The number of allylic oxidation sites excluding steroid dienone is 1. The highest BCUT2D eigenvalue weighted by Gasteiger charge is 2.47. The zero-order chi connectivity index (χ0) is 8.84. The third kappa shape index (κ3) is 1.34. The predicted molar refractivity (Wildman–Crippen MR) is 54.2 cm³/mol. The van der Waals surface area contributed by atoms with E-state index < -0.39 is 0 Å². The summed E-state index contributed by atoms with van der Waals surface area (Å²) >= 11 is 0. The van der Waals surface area contributed by atoms with Gasteiger partial charge >= 0.3 is 0 Å². The molecule has 72 valence electrons. The van der Waals surface area contributed by atoms with Gasteiger partial charge in [0, 0.05) is 6.04 Å². The van der Waals surface area contributed by atoms with Crippen LogP contribution in [-0.4, -0.2) is 6.04 Å². The van der Waals surface area contributed by atoms with Crippen molar-refractivity contribution in [2.75, 3.05) is 0 Å². The standard InChI is InChI=1S/C12H19N/c13-12(8-3-1-2-4-8)11-6-9-5-10(9)7-11/h3,9-12H,1-2,4-7,13H2. The van der Waals surface area contributed by atoms with Gasteiger partial charge in [-0.2, -0.15) is 0 Å². The fourth-order valence-corrected chi connectivity index (χ4v) is 3.36. The van der Waals surface area contributed by atoms with E-state index in [0.717, 1.165) is 17.8 Å². The molecule has 3 unspecified atom stereocenters. The average molecular weight is 177 g/mol. The Balaban J connectivity index is 1.64. The van der Waals surface area contributed by atoms with E-state index >= 15 is 0 Å². The van der Waals surface area contributed by atoms with Crippen LogP contribution in [0.4, 0.5) is 0 Å². The molecule has 0 spiro atoms. The third-order valence-electron chi connectivity index (χ3n) is 4.29. The highest BCUT2D eigenvalue weighted by atomic mass is 14.7. The van der Waals surface area contributed by atoms with Crippen LogP contribution in [0.2, 0.25) is 0 Å². The summed E-state index contributed by atoms with van der Waals surface area (Å²) in [6, 6.07) is 0.426. The van der Waals surface area contributed by atoms with Crippen molar-refractivity contribution in [2.45, 2.75) is 44.6 Å². The molecule has 1 nitrogen and oxygen atoms in total. The van der Waals surface area contributed by atoms with Gasteiger partial charge in [0.15, 0.2) is 0 Å². The summed E-state index contributed by atoms with van der Waals surface area (Å²) in [4.78, 5) is 0. The Hall–Kier alpha value is -0.300. The minimum absolute atomic E-state index is 0.426. The first kappa shape index (κ1) is 8.05. The summed E-state index contributed by atoms with van der Waals surface area (Å²) in [5.74, 6) is 3.00. The fraction of sp³-hybridized carbons (Fsp3) is 0.833. The lowest BCUT2D eigenvalue weighted by molar-refractivity contribution is 0.425. The van der Waals surface area contributed by atoms with Gasteiger partial charge in [0.1, 0.15) is 0 Å². The van der Waals surface area contributed by atoms with E-state index in [2.05, 4.69) is 6.08 Å². The highest BCUT2D eigenvalue weighted by Crippen LogP contribution is 2.55. The van der Waals surface area contributed by atoms with Gasteiger partial charge in [-0.1, -0.05) is 11.6 Å². The van der Waals surface area contributed by atoms with Crippen molar-refractivity contribution >= 4 is 0 Å². The second kappa shape index (κ2) is 2.84. The largest absolute Gasteiger partial charge is 0.324 e. The maximum atomic E-state index is 6.30.